The van der Waals surface area contributed by atoms with Crippen molar-refractivity contribution in [1.82, 2.24) is 20.0 Å². The van der Waals surface area contributed by atoms with Crippen LogP contribution in [0.2, 0.25) is 0 Å². The number of para-hydroxylation sites is 2. The molecular weight excluding hydrogens is 386 g/mol. The fourth-order valence-electron chi connectivity index (χ4n) is 2.98. The normalized spacial score (nSPS) is 11.7. The van der Waals surface area contributed by atoms with Gasteiger partial charge in [-0.3, -0.25) is 4.79 Å². The van der Waals surface area contributed by atoms with E-state index in [9.17, 15) is 9.90 Å². The van der Waals surface area contributed by atoms with Gasteiger partial charge < -0.3 is 9.67 Å². The van der Waals surface area contributed by atoms with Crippen LogP contribution in [0, 0.1) is 6.92 Å². The number of aromatic nitrogens is 3. The number of nitrogens with zero attached hydrogens (tertiary/aromatic N) is 4. The summed E-state index contributed by atoms with van der Waals surface area (Å²) < 4.78 is 1.79. The molecule has 1 amide bonds. The number of carbonyl (C=O) groups excluding carboxylic acids is 1. The van der Waals surface area contributed by atoms with E-state index < -0.39 is 0 Å². The first-order valence-corrected chi connectivity index (χ1v) is 9.83. The second-order valence-electron chi connectivity index (χ2n) is 6.57. The Kier molecular flexibility index (Phi) is 5.09. The van der Waals surface area contributed by atoms with E-state index in [4.69, 9.17) is 0 Å². The largest absolute Gasteiger partial charge is 0.508 e. The molecule has 0 saturated heterocycles. The molecule has 0 aliphatic heterocycles. The summed E-state index contributed by atoms with van der Waals surface area (Å²) in [7, 11) is 0. The van der Waals surface area contributed by atoms with Crippen molar-refractivity contribution in [3.8, 4) is 16.3 Å². The van der Waals surface area contributed by atoms with Gasteiger partial charge in [0, 0.05) is 5.56 Å². The van der Waals surface area contributed by atoms with Crippen molar-refractivity contribution >= 4 is 34.0 Å². The number of hydrogen-bond donors (Lipinski definition) is 2. The monoisotopic (exact) mass is 405 g/mol. The number of phenolic OH excluding ortho intramolecular Hbond substituents is 1. The van der Waals surface area contributed by atoms with Gasteiger partial charge in [0.15, 0.2) is 0 Å². The molecule has 2 N–H and O–H groups in total. The lowest BCUT2D eigenvalue weighted by Gasteiger charge is -2.04. The molecule has 4 aromatic rings. The van der Waals surface area contributed by atoms with E-state index in [2.05, 4.69) is 20.5 Å². The quantitative estimate of drug-likeness (QED) is 0.391. The summed E-state index contributed by atoms with van der Waals surface area (Å²) in [6.45, 7) is 3.89. The lowest BCUT2D eigenvalue weighted by atomic mass is 10.2. The van der Waals surface area contributed by atoms with Gasteiger partial charge in [-0.2, -0.15) is 5.10 Å². The number of rotatable bonds is 5. The van der Waals surface area contributed by atoms with Gasteiger partial charge in [0.25, 0.3) is 5.91 Å². The lowest BCUT2D eigenvalue weighted by Crippen LogP contribution is -2.24. The maximum Gasteiger partial charge on any atom is 0.260 e. The minimum atomic E-state index is -0.228. The Hall–Kier alpha value is -3.52. The Morgan fingerprint density at radius 3 is 2.76 bits per heavy atom. The van der Waals surface area contributed by atoms with Crippen molar-refractivity contribution < 1.29 is 9.90 Å². The first kappa shape index (κ1) is 18.8. The molecule has 0 fully saturated rings. The van der Waals surface area contributed by atoms with E-state index in [1.54, 1.807) is 23.0 Å². The van der Waals surface area contributed by atoms with Crippen LogP contribution in [0.4, 0.5) is 0 Å². The third-order valence-corrected chi connectivity index (χ3v) is 5.74. The topological polar surface area (TPSA) is 92.4 Å². The van der Waals surface area contributed by atoms with E-state index in [1.807, 2.05) is 50.2 Å². The number of hydrazone groups is 1. The highest BCUT2D eigenvalue weighted by Crippen LogP contribution is 2.29. The second kappa shape index (κ2) is 7.84. The van der Waals surface area contributed by atoms with Crippen molar-refractivity contribution in [2.45, 2.75) is 20.4 Å². The third kappa shape index (κ3) is 4.02. The molecule has 2 aromatic carbocycles. The van der Waals surface area contributed by atoms with Crippen LogP contribution in [-0.4, -0.2) is 31.3 Å². The van der Waals surface area contributed by atoms with Crippen molar-refractivity contribution in [1.29, 1.82) is 0 Å². The molecular formula is C21H19N5O2S. The maximum absolute atomic E-state index is 12.3. The predicted molar refractivity (Wildman–Crippen MR) is 114 cm³/mol. The van der Waals surface area contributed by atoms with Crippen molar-refractivity contribution in [3.63, 3.8) is 0 Å². The van der Waals surface area contributed by atoms with Gasteiger partial charge in [-0.25, -0.2) is 15.4 Å². The fraction of sp³-hybridized carbons (Fsp3) is 0.143. The van der Waals surface area contributed by atoms with Crippen LogP contribution in [0.15, 0.2) is 60.0 Å². The number of carbonyl (C=O) groups is 1. The second-order valence-corrected chi connectivity index (χ2v) is 7.57. The molecule has 0 radical (unpaired) electrons. The molecule has 8 heteroatoms. The number of nitrogens with one attached hydrogen (secondary N) is 1. The van der Waals surface area contributed by atoms with Gasteiger partial charge in [-0.15, -0.1) is 11.3 Å². The summed E-state index contributed by atoms with van der Waals surface area (Å²) in [5.74, 6) is -0.0122. The van der Waals surface area contributed by atoms with Gasteiger partial charge in [-0.1, -0.05) is 12.1 Å². The summed E-state index contributed by atoms with van der Waals surface area (Å²) in [4.78, 5) is 22.1. The standard InChI is InChI=1S/C21H19N5O2S/c1-13-20(29-21(23-13)15-7-9-16(27)10-8-15)14(2)24-25-19(28)11-26-12-22-17-5-3-4-6-18(17)26/h3-10,12,27H,11H2,1-2H3,(H,25,28)/b24-14+. The molecule has 29 heavy (non-hydrogen) atoms. The number of fused-ring (bicyclic) bond motifs is 1. The highest BCUT2D eigenvalue weighted by Gasteiger charge is 2.13. The van der Waals surface area contributed by atoms with Crippen molar-refractivity contribution in [2.75, 3.05) is 0 Å². The predicted octanol–water partition coefficient (Wildman–Crippen LogP) is 3.71. The smallest absolute Gasteiger partial charge is 0.260 e. The van der Waals surface area contributed by atoms with E-state index >= 15 is 0 Å². The van der Waals surface area contributed by atoms with Crippen LogP contribution in [-0.2, 0) is 11.3 Å². The van der Waals surface area contributed by atoms with Crippen LogP contribution in [0.25, 0.3) is 21.6 Å². The molecule has 0 atom stereocenters. The molecule has 0 spiro atoms. The van der Waals surface area contributed by atoms with Gasteiger partial charge in [-0.05, 0) is 50.2 Å². The minimum Gasteiger partial charge on any atom is -0.508 e. The van der Waals surface area contributed by atoms with Crippen molar-refractivity contribution in [3.05, 3.63) is 65.4 Å². The average molecular weight is 405 g/mol. The molecule has 146 valence electrons. The van der Waals surface area contributed by atoms with Crippen LogP contribution in [0.3, 0.4) is 0 Å². The molecule has 0 bridgehead atoms. The highest BCUT2D eigenvalue weighted by atomic mass is 32.1. The first-order valence-electron chi connectivity index (χ1n) is 9.01. The third-order valence-electron chi connectivity index (χ3n) is 4.43. The van der Waals surface area contributed by atoms with Gasteiger partial charge >= 0.3 is 0 Å². The summed E-state index contributed by atoms with van der Waals surface area (Å²) in [5.41, 5.74) is 6.82. The van der Waals surface area contributed by atoms with Crippen molar-refractivity contribution in [2.24, 2.45) is 5.10 Å². The van der Waals surface area contributed by atoms with E-state index in [1.165, 1.54) is 11.3 Å². The summed E-state index contributed by atoms with van der Waals surface area (Å²) in [5, 5.41) is 14.5. The van der Waals surface area contributed by atoms with Crippen LogP contribution < -0.4 is 5.43 Å². The Balaban J connectivity index is 1.47. The van der Waals surface area contributed by atoms with Gasteiger partial charge in [0.05, 0.1) is 33.6 Å². The number of hydrogen-bond acceptors (Lipinski definition) is 6. The molecule has 7 nitrogen and oxygen atoms in total. The number of thiazole rings is 1. The average Bonchev–Trinajstić information content (AvgIpc) is 3.31. The molecule has 4 rings (SSSR count). The number of benzene rings is 2. The number of aryl methyl sites for hydroxylation is 1. The Labute approximate surface area is 171 Å². The molecule has 2 heterocycles. The summed E-state index contributed by atoms with van der Waals surface area (Å²) in [6, 6.07) is 14.6. The van der Waals surface area contributed by atoms with E-state index in [-0.39, 0.29) is 18.2 Å². The zero-order chi connectivity index (χ0) is 20.4. The number of aromatic hydroxyl groups is 1. The highest BCUT2D eigenvalue weighted by molar-refractivity contribution is 7.17. The molecule has 0 aliphatic rings. The first-order chi connectivity index (χ1) is 14.0. The SMILES string of the molecule is C/C(=N\NC(=O)Cn1cnc2ccccc21)c1sc(-c2ccc(O)cc2)nc1C. The van der Waals surface area contributed by atoms with E-state index in [0.717, 1.165) is 32.2 Å². The number of imidazole rings is 1. The zero-order valence-corrected chi connectivity index (χ0v) is 16.8. The summed E-state index contributed by atoms with van der Waals surface area (Å²) in [6.07, 6.45) is 1.65. The van der Waals surface area contributed by atoms with Crippen LogP contribution in [0.5, 0.6) is 5.75 Å². The van der Waals surface area contributed by atoms with Gasteiger partial charge in [0.2, 0.25) is 0 Å². The van der Waals surface area contributed by atoms with Crippen LogP contribution in [0.1, 0.15) is 17.5 Å². The van der Waals surface area contributed by atoms with E-state index in [0.29, 0.717) is 5.71 Å². The molecule has 2 aromatic heterocycles. The minimum absolute atomic E-state index is 0.137. The lowest BCUT2D eigenvalue weighted by molar-refractivity contribution is -0.121. The Morgan fingerprint density at radius 1 is 1.21 bits per heavy atom. The van der Waals surface area contributed by atoms with Gasteiger partial charge in [0.1, 0.15) is 17.3 Å². The fourth-order valence-corrected chi connectivity index (χ4v) is 4.00. The number of phenols is 1. The Morgan fingerprint density at radius 2 is 1.97 bits per heavy atom. The summed E-state index contributed by atoms with van der Waals surface area (Å²) >= 11 is 1.50. The number of amides is 1. The molecule has 0 unspecified atom stereocenters. The van der Waals surface area contributed by atoms with Crippen LogP contribution >= 0.6 is 11.3 Å². The zero-order valence-electron chi connectivity index (χ0n) is 16.0. The maximum atomic E-state index is 12.3. The Bertz CT molecular complexity index is 1210. The molecule has 0 saturated carbocycles. The molecule has 0 aliphatic carbocycles.